The van der Waals surface area contributed by atoms with Gasteiger partial charge in [-0.1, -0.05) is 36.0 Å². The Morgan fingerprint density at radius 1 is 1.17 bits per heavy atom. The molecule has 3 rings (SSSR count). The third-order valence-corrected chi connectivity index (χ3v) is 4.00. The molecule has 116 valence electrons. The monoisotopic (exact) mass is 326 g/mol. The summed E-state index contributed by atoms with van der Waals surface area (Å²) in [7, 11) is 0. The molecular formula is C16H14N4O2S. The van der Waals surface area contributed by atoms with Crippen LogP contribution in [0.2, 0.25) is 0 Å². The average Bonchev–Trinajstić information content (AvgIpc) is 2.55. The topological polar surface area (TPSA) is 76.4 Å². The minimum atomic E-state index is -0.398. The highest BCUT2D eigenvalue weighted by molar-refractivity contribution is 7.99. The Morgan fingerprint density at radius 2 is 1.96 bits per heavy atom. The number of carbonyl (C=O) groups is 1. The predicted molar refractivity (Wildman–Crippen MR) is 89.8 cm³/mol. The highest BCUT2D eigenvalue weighted by Gasteiger charge is 2.09. The number of carbonyl (C=O) groups excluding carboxylic acids is 1. The van der Waals surface area contributed by atoms with E-state index in [4.69, 9.17) is 0 Å². The molecule has 0 spiro atoms. The Bertz CT molecular complexity index is 909. The number of fused-ring (bicyclic) bond motifs is 1. The molecule has 0 radical (unpaired) electrons. The molecular weight excluding hydrogens is 312 g/mol. The number of hydrogen-bond acceptors (Lipinski definition) is 5. The van der Waals surface area contributed by atoms with Gasteiger partial charge in [0.05, 0.1) is 5.75 Å². The second-order valence-electron chi connectivity index (χ2n) is 4.88. The first-order valence-corrected chi connectivity index (χ1v) is 7.96. The van der Waals surface area contributed by atoms with E-state index in [1.807, 2.05) is 43.3 Å². The molecule has 6 nitrogen and oxygen atoms in total. The van der Waals surface area contributed by atoms with Crippen molar-refractivity contribution < 1.29 is 4.79 Å². The molecule has 2 heterocycles. The fraction of sp³-hybridized carbons (Fsp3) is 0.125. The van der Waals surface area contributed by atoms with Crippen molar-refractivity contribution in [3.8, 4) is 0 Å². The fourth-order valence-corrected chi connectivity index (χ4v) is 2.70. The average molecular weight is 326 g/mol. The summed E-state index contributed by atoms with van der Waals surface area (Å²) in [4.78, 5) is 32.2. The van der Waals surface area contributed by atoms with E-state index in [0.717, 1.165) is 23.0 Å². The minimum Gasteiger partial charge on any atom is -0.325 e. The van der Waals surface area contributed by atoms with Crippen molar-refractivity contribution in [2.45, 2.75) is 12.1 Å². The summed E-state index contributed by atoms with van der Waals surface area (Å²) in [6, 6.07) is 12.8. The molecule has 0 atom stereocenters. The number of para-hydroxylation sites is 1. The van der Waals surface area contributed by atoms with Gasteiger partial charge >= 0.3 is 5.69 Å². The Balaban J connectivity index is 1.73. The van der Waals surface area contributed by atoms with Crippen molar-refractivity contribution in [1.29, 1.82) is 0 Å². The highest BCUT2D eigenvalue weighted by atomic mass is 32.2. The van der Waals surface area contributed by atoms with Crippen molar-refractivity contribution in [2.24, 2.45) is 0 Å². The van der Waals surface area contributed by atoms with Crippen molar-refractivity contribution in [2.75, 3.05) is 11.1 Å². The number of amides is 1. The quantitative estimate of drug-likeness (QED) is 0.743. The zero-order valence-corrected chi connectivity index (χ0v) is 13.2. The first-order chi connectivity index (χ1) is 11.1. The largest absolute Gasteiger partial charge is 0.355 e. The third-order valence-electron chi connectivity index (χ3n) is 3.15. The van der Waals surface area contributed by atoms with Gasteiger partial charge in [-0.3, -0.25) is 9.20 Å². The molecule has 1 amide bonds. The van der Waals surface area contributed by atoms with E-state index >= 15 is 0 Å². The van der Waals surface area contributed by atoms with Crippen LogP contribution in [-0.4, -0.2) is 26.0 Å². The van der Waals surface area contributed by atoms with Crippen LogP contribution in [0.25, 0.3) is 5.65 Å². The van der Waals surface area contributed by atoms with E-state index in [2.05, 4.69) is 15.3 Å². The first-order valence-electron chi connectivity index (χ1n) is 6.97. The van der Waals surface area contributed by atoms with E-state index in [0.29, 0.717) is 10.8 Å². The van der Waals surface area contributed by atoms with Crippen molar-refractivity contribution in [3.05, 3.63) is 64.7 Å². The molecule has 0 aliphatic rings. The van der Waals surface area contributed by atoms with Gasteiger partial charge in [0.25, 0.3) is 0 Å². The summed E-state index contributed by atoms with van der Waals surface area (Å²) < 4.78 is 1.39. The van der Waals surface area contributed by atoms with E-state index in [9.17, 15) is 9.59 Å². The van der Waals surface area contributed by atoms with E-state index in [1.54, 1.807) is 12.3 Å². The number of thioether (sulfide) groups is 1. The Kier molecular flexibility index (Phi) is 4.38. The summed E-state index contributed by atoms with van der Waals surface area (Å²) in [5.74, 6) is -0.0362. The lowest BCUT2D eigenvalue weighted by atomic mass is 10.3. The summed E-state index contributed by atoms with van der Waals surface area (Å²) in [6.45, 7) is 1.87. The Hall–Kier alpha value is -2.67. The van der Waals surface area contributed by atoms with Gasteiger partial charge in [0.15, 0.2) is 5.16 Å². The van der Waals surface area contributed by atoms with Crippen molar-refractivity contribution in [1.82, 2.24) is 14.4 Å². The predicted octanol–water partition coefficient (Wildman–Crippen LogP) is 2.13. The van der Waals surface area contributed by atoms with Gasteiger partial charge in [-0.15, -0.1) is 0 Å². The van der Waals surface area contributed by atoms with E-state index in [-0.39, 0.29) is 11.7 Å². The molecule has 0 aliphatic heterocycles. The molecule has 0 saturated heterocycles. The lowest BCUT2D eigenvalue weighted by Crippen LogP contribution is -2.20. The van der Waals surface area contributed by atoms with Gasteiger partial charge < -0.3 is 5.32 Å². The van der Waals surface area contributed by atoms with Gasteiger partial charge in [0.1, 0.15) is 5.65 Å². The second kappa shape index (κ2) is 6.62. The van der Waals surface area contributed by atoms with Crippen LogP contribution < -0.4 is 11.0 Å². The number of benzene rings is 1. The third kappa shape index (κ3) is 3.57. The van der Waals surface area contributed by atoms with Crippen LogP contribution in [0.1, 0.15) is 5.56 Å². The van der Waals surface area contributed by atoms with Gasteiger partial charge in [-0.05, 0) is 30.7 Å². The maximum absolute atomic E-state index is 12.0. The maximum Gasteiger partial charge on any atom is 0.355 e. The SMILES string of the molecule is Cc1cccn2c(=O)nc(SCC(=O)Nc3ccccc3)nc12. The highest BCUT2D eigenvalue weighted by Crippen LogP contribution is 2.14. The molecule has 0 aliphatic carbocycles. The molecule has 3 aromatic rings. The van der Waals surface area contributed by atoms with Crippen LogP contribution in [0.15, 0.2) is 58.6 Å². The number of anilines is 1. The van der Waals surface area contributed by atoms with Crippen LogP contribution in [0.4, 0.5) is 5.69 Å². The van der Waals surface area contributed by atoms with Gasteiger partial charge in [-0.25, -0.2) is 9.78 Å². The lowest BCUT2D eigenvalue weighted by Gasteiger charge is -2.06. The summed E-state index contributed by atoms with van der Waals surface area (Å²) in [5.41, 5.74) is 1.76. The van der Waals surface area contributed by atoms with E-state index in [1.165, 1.54) is 4.40 Å². The zero-order valence-electron chi connectivity index (χ0n) is 12.4. The van der Waals surface area contributed by atoms with Crippen LogP contribution in [0.3, 0.4) is 0 Å². The number of nitrogens with zero attached hydrogens (tertiary/aromatic N) is 3. The standard InChI is InChI=1S/C16H14N4O2S/c1-11-6-5-9-20-14(11)18-15(19-16(20)22)23-10-13(21)17-12-7-3-2-4-8-12/h2-9H,10H2,1H3,(H,17,21). The molecule has 0 fully saturated rings. The number of rotatable bonds is 4. The van der Waals surface area contributed by atoms with Crippen LogP contribution in [0.5, 0.6) is 0 Å². The van der Waals surface area contributed by atoms with Crippen LogP contribution in [-0.2, 0) is 4.79 Å². The second-order valence-corrected chi connectivity index (χ2v) is 5.82. The normalized spacial score (nSPS) is 10.7. The molecule has 1 N–H and O–H groups in total. The first kappa shape index (κ1) is 15.2. The summed E-state index contributed by atoms with van der Waals surface area (Å²) in [6.07, 6.45) is 1.63. The van der Waals surface area contributed by atoms with Crippen LogP contribution in [0, 0.1) is 6.92 Å². The van der Waals surface area contributed by atoms with Gasteiger partial charge in [-0.2, -0.15) is 4.98 Å². The number of aryl methyl sites for hydroxylation is 1. The smallest absolute Gasteiger partial charge is 0.325 e. The van der Waals surface area contributed by atoms with Crippen LogP contribution >= 0.6 is 11.8 Å². The molecule has 7 heteroatoms. The molecule has 2 aromatic heterocycles. The number of pyridine rings is 1. The number of hydrogen-bond donors (Lipinski definition) is 1. The maximum atomic E-state index is 12.0. The summed E-state index contributed by atoms with van der Waals surface area (Å²) in [5, 5.41) is 3.08. The molecule has 1 aromatic carbocycles. The van der Waals surface area contributed by atoms with Gasteiger partial charge in [0, 0.05) is 11.9 Å². The number of nitrogens with one attached hydrogen (secondary N) is 1. The number of aromatic nitrogens is 3. The van der Waals surface area contributed by atoms with Crippen molar-refractivity contribution >= 4 is 29.0 Å². The Morgan fingerprint density at radius 3 is 2.74 bits per heavy atom. The molecule has 0 unspecified atom stereocenters. The van der Waals surface area contributed by atoms with Gasteiger partial charge in [0.2, 0.25) is 5.91 Å². The van der Waals surface area contributed by atoms with Crippen molar-refractivity contribution in [3.63, 3.8) is 0 Å². The molecule has 23 heavy (non-hydrogen) atoms. The minimum absolute atomic E-state index is 0.135. The molecule has 0 saturated carbocycles. The lowest BCUT2D eigenvalue weighted by molar-refractivity contribution is -0.113. The van der Waals surface area contributed by atoms with E-state index < -0.39 is 5.69 Å². The molecule has 0 bridgehead atoms. The summed E-state index contributed by atoms with van der Waals surface area (Å²) >= 11 is 1.14. The zero-order chi connectivity index (χ0) is 16.2. The Labute approximate surface area is 136 Å². The fourth-order valence-electron chi connectivity index (χ4n) is 2.07.